The molecule has 0 bridgehead atoms. The molecular formula is C13H27NO. The standard InChI is InChI=1S/C13H27NO/c1-11-10-12(7-9-15-5)6-8-14(11)13(2,3)4/h11-12H,6-10H2,1-5H3. The minimum Gasteiger partial charge on any atom is -0.385 e. The van der Waals surface area contributed by atoms with E-state index < -0.39 is 0 Å². The summed E-state index contributed by atoms with van der Waals surface area (Å²) in [6, 6.07) is 0.723. The average molecular weight is 213 g/mol. The highest BCUT2D eigenvalue weighted by Crippen LogP contribution is 2.30. The smallest absolute Gasteiger partial charge is 0.0464 e. The summed E-state index contributed by atoms with van der Waals surface area (Å²) in [6.45, 7) is 11.5. The van der Waals surface area contributed by atoms with Crippen molar-refractivity contribution in [1.82, 2.24) is 4.90 Å². The van der Waals surface area contributed by atoms with Crippen LogP contribution >= 0.6 is 0 Å². The minimum absolute atomic E-state index is 0.325. The van der Waals surface area contributed by atoms with Gasteiger partial charge in [0.25, 0.3) is 0 Å². The van der Waals surface area contributed by atoms with Crippen molar-refractivity contribution in [3.63, 3.8) is 0 Å². The van der Waals surface area contributed by atoms with Crippen LogP contribution in [0.3, 0.4) is 0 Å². The van der Waals surface area contributed by atoms with E-state index in [0.717, 1.165) is 18.6 Å². The van der Waals surface area contributed by atoms with Gasteiger partial charge >= 0.3 is 0 Å². The van der Waals surface area contributed by atoms with E-state index in [0.29, 0.717) is 5.54 Å². The third-order valence-corrected chi connectivity index (χ3v) is 3.58. The third kappa shape index (κ3) is 3.76. The first-order chi connectivity index (χ1) is 6.95. The van der Waals surface area contributed by atoms with Crippen LogP contribution < -0.4 is 0 Å². The summed E-state index contributed by atoms with van der Waals surface area (Å²) < 4.78 is 5.16. The van der Waals surface area contributed by atoms with Gasteiger partial charge in [-0.1, -0.05) is 0 Å². The number of likely N-dealkylation sites (tertiary alicyclic amines) is 1. The molecule has 0 N–H and O–H groups in total. The van der Waals surface area contributed by atoms with Gasteiger partial charge < -0.3 is 4.74 Å². The molecule has 0 radical (unpaired) electrons. The second kappa shape index (κ2) is 5.31. The maximum absolute atomic E-state index is 5.16. The van der Waals surface area contributed by atoms with Crippen LogP contribution in [0.15, 0.2) is 0 Å². The molecule has 15 heavy (non-hydrogen) atoms. The Morgan fingerprint density at radius 3 is 2.47 bits per heavy atom. The fourth-order valence-corrected chi connectivity index (χ4v) is 2.81. The van der Waals surface area contributed by atoms with Crippen LogP contribution in [0.1, 0.15) is 47.0 Å². The molecule has 90 valence electrons. The Balaban J connectivity index is 2.41. The van der Waals surface area contributed by atoms with Gasteiger partial charge in [0, 0.05) is 25.3 Å². The van der Waals surface area contributed by atoms with Gasteiger partial charge in [0.15, 0.2) is 0 Å². The van der Waals surface area contributed by atoms with Crippen molar-refractivity contribution < 1.29 is 4.74 Å². The lowest BCUT2D eigenvalue weighted by Gasteiger charge is -2.45. The van der Waals surface area contributed by atoms with Crippen molar-refractivity contribution in [2.24, 2.45) is 5.92 Å². The molecule has 0 aromatic carbocycles. The summed E-state index contributed by atoms with van der Waals surface area (Å²) in [5.41, 5.74) is 0.325. The Hall–Kier alpha value is -0.0800. The Bertz CT molecular complexity index is 185. The van der Waals surface area contributed by atoms with Gasteiger partial charge in [0.2, 0.25) is 0 Å². The van der Waals surface area contributed by atoms with Gasteiger partial charge in [-0.05, 0) is 59.4 Å². The molecule has 0 aromatic rings. The Labute approximate surface area is 95.0 Å². The maximum Gasteiger partial charge on any atom is 0.0464 e. The number of hydrogen-bond donors (Lipinski definition) is 0. The van der Waals surface area contributed by atoms with E-state index in [2.05, 4.69) is 32.6 Å². The molecule has 2 nitrogen and oxygen atoms in total. The zero-order valence-corrected chi connectivity index (χ0v) is 11.0. The van der Waals surface area contributed by atoms with Crippen LogP contribution in [0.2, 0.25) is 0 Å². The summed E-state index contributed by atoms with van der Waals surface area (Å²) >= 11 is 0. The van der Waals surface area contributed by atoms with Crippen molar-refractivity contribution in [3.05, 3.63) is 0 Å². The number of ether oxygens (including phenoxy) is 1. The van der Waals surface area contributed by atoms with Crippen molar-refractivity contribution >= 4 is 0 Å². The quantitative estimate of drug-likeness (QED) is 0.714. The molecule has 1 saturated heterocycles. The topological polar surface area (TPSA) is 12.5 Å². The van der Waals surface area contributed by atoms with E-state index in [1.54, 1.807) is 7.11 Å². The summed E-state index contributed by atoms with van der Waals surface area (Å²) in [5, 5.41) is 0. The van der Waals surface area contributed by atoms with Crippen molar-refractivity contribution in [1.29, 1.82) is 0 Å². The average Bonchev–Trinajstić information content (AvgIpc) is 2.12. The van der Waals surface area contributed by atoms with Gasteiger partial charge in [0.1, 0.15) is 0 Å². The zero-order chi connectivity index (χ0) is 11.5. The monoisotopic (exact) mass is 213 g/mol. The molecule has 1 aliphatic rings. The molecule has 0 aromatic heterocycles. The summed E-state index contributed by atoms with van der Waals surface area (Å²) in [7, 11) is 1.80. The summed E-state index contributed by atoms with van der Waals surface area (Å²) in [4.78, 5) is 2.64. The van der Waals surface area contributed by atoms with Crippen LogP contribution in [0, 0.1) is 5.92 Å². The van der Waals surface area contributed by atoms with Crippen molar-refractivity contribution in [3.8, 4) is 0 Å². The lowest BCUT2D eigenvalue weighted by Crippen LogP contribution is -2.51. The van der Waals surface area contributed by atoms with Gasteiger partial charge in [-0.15, -0.1) is 0 Å². The van der Waals surface area contributed by atoms with E-state index in [1.165, 1.54) is 25.8 Å². The highest BCUT2D eigenvalue weighted by molar-refractivity contribution is 4.86. The summed E-state index contributed by atoms with van der Waals surface area (Å²) in [6.07, 6.45) is 3.91. The first-order valence-corrected chi connectivity index (χ1v) is 6.21. The molecule has 0 spiro atoms. The highest BCUT2D eigenvalue weighted by Gasteiger charge is 2.31. The van der Waals surface area contributed by atoms with Crippen LogP contribution in [-0.2, 0) is 4.74 Å². The normalized spacial score (nSPS) is 29.4. The Morgan fingerprint density at radius 1 is 1.33 bits per heavy atom. The highest BCUT2D eigenvalue weighted by atomic mass is 16.5. The minimum atomic E-state index is 0.325. The number of nitrogens with zero attached hydrogens (tertiary/aromatic N) is 1. The molecule has 0 aliphatic carbocycles. The molecule has 0 amide bonds. The largest absolute Gasteiger partial charge is 0.385 e. The van der Waals surface area contributed by atoms with Crippen molar-refractivity contribution in [2.75, 3.05) is 20.3 Å². The molecule has 1 rings (SSSR count). The Kier molecular flexibility index (Phi) is 4.60. The number of rotatable bonds is 3. The van der Waals surface area contributed by atoms with Gasteiger partial charge in [-0.3, -0.25) is 4.90 Å². The van der Waals surface area contributed by atoms with E-state index >= 15 is 0 Å². The second-order valence-electron chi connectivity index (χ2n) is 5.89. The van der Waals surface area contributed by atoms with Crippen molar-refractivity contribution in [2.45, 2.75) is 58.5 Å². The maximum atomic E-state index is 5.16. The molecule has 2 atom stereocenters. The molecule has 2 unspecified atom stereocenters. The van der Waals surface area contributed by atoms with Gasteiger partial charge in [-0.2, -0.15) is 0 Å². The van der Waals surface area contributed by atoms with E-state index in [1.807, 2.05) is 0 Å². The predicted molar refractivity (Wildman–Crippen MR) is 65.1 cm³/mol. The lowest BCUT2D eigenvalue weighted by molar-refractivity contribution is 0.0311. The fraction of sp³-hybridized carbons (Fsp3) is 1.00. The van der Waals surface area contributed by atoms with E-state index in [4.69, 9.17) is 4.74 Å². The number of methoxy groups -OCH3 is 1. The Morgan fingerprint density at radius 2 is 2.00 bits per heavy atom. The summed E-state index contributed by atoms with van der Waals surface area (Å²) in [5.74, 6) is 0.874. The van der Waals surface area contributed by atoms with Crippen LogP contribution in [0.5, 0.6) is 0 Å². The van der Waals surface area contributed by atoms with Gasteiger partial charge in [-0.25, -0.2) is 0 Å². The lowest BCUT2D eigenvalue weighted by atomic mass is 9.86. The SMILES string of the molecule is COCCC1CCN(C(C)(C)C)C(C)C1. The van der Waals surface area contributed by atoms with E-state index in [9.17, 15) is 0 Å². The van der Waals surface area contributed by atoms with E-state index in [-0.39, 0.29) is 0 Å². The molecule has 1 fully saturated rings. The molecule has 2 heteroatoms. The zero-order valence-electron chi connectivity index (χ0n) is 11.0. The molecule has 1 heterocycles. The number of hydrogen-bond acceptors (Lipinski definition) is 2. The molecular weight excluding hydrogens is 186 g/mol. The first-order valence-electron chi connectivity index (χ1n) is 6.21. The second-order valence-corrected chi connectivity index (χ2v) is 5.89. The van der Waals surface area contributed by atoms with Crippen LogP contribution in [-0.4, -0.2) is 36.7 Å². The number of piperidine rings is 1. The van der Waals surface area contributed by atoms with Crippen LogP contribution in [0.25, 0.3) is 0 Å². The van der Waals surface area contributed by atoms with Gasteiger partial charge in [0.05, 0.1) is 0 Å². The predicted octanol–water partition coefficient (Wildman–Crippen LogP) is 2.92. The molecule has 0 saturated carbocycles. The molecule has 1 aliphatic heterocycles. The third-order valence-electron chi connectivity index (χ3n) is 3.58. The first kappa shape index (κ1) is 13.0. The van der Waals surface area contributed by atoms with Crippen LogP contribution in [0.4, 0.5) is 0 Å². The fourth-order valence-electron chi connectivity index (χ4n) is 2.81.